The second-order valence-corrected chi connectivity index (χ2v) is 6.08. The van der Waals surface area contributed by atoms with Crippen molar-refractivity contribution in [1.82, 2.24) is 20.0 Å². The fourth-order valence-corrected chi connectivity index (χ4v) is 3.36. The molecule has 0 bridgehead atoms. The summed E-state index contributed by atoms with van der Waals surface area (Å²) in [5, 5.41) is 5.41. The lowest BCUT2D eigenvalue weighted by atomic mass is 9.95. The second kappa shape index (κ2) is 5.57. The SMILES string of the molecule is Cc1nc(C2CCN(Cc3cccc4[nH]ccc34)CC2)no1. The number of aromatic nitrogens is 3. The van der Waals surface area contributed by atoms with E-state index in [2.05, 4.69) is 44.3 Å². The summed E-state index contributed by atoms with van der Waals surface area (Å²) in [7, 11) is 0. The molecule has 1 saturated heterocycles. The van der Waals surface area contributed by atoms with Crippen molar-refractivity contribution in [2.75, 3.05) is 13.1 Å². The van der Waals surface area contributed by atoms with Gasteiger partial charge < -0.3 is 9.51 Å². The Bertz CT molecular complexity index is 768. The fourth-order valence-electron chi connectivity index (χ4n) is 3.36. The Hall–Kier alpha value is -2.14. The zero-order chi connectivity index (χ0) is 14.9. The number of hydrogen-bond donors (Lipinski definition) is 1. The van der Waals surface area contributed by atoms with E-state index in [1.54, 1.807) is 0 Å². The molecule has 5 nitrogen and oxygen atoms in total. The van der Waals surface area contributed by atoms with Crippen molar-refractivity contribution >= 4 is 10.9 Å². The van der Waals surface area contributed by atoms with Crippen molar-refractivity contribution < 1.29 is 4.52 Å². The molecule has 22 heavy (non-hydrogen) atoms. The summed E-state index contributed by atoms with van der Waals surface area (Å²) in [5.74, 6) is 1.98. The van der Waals surface area contributed by atoms with Gasteiger partial charge in [-0.1, -0.05) is 17.3 Å². The second-order valence-electron chi connectivity index (χ2n) is 6.08. The van der Waals surface area contributed by atoms with E-state index >= 15 is 0 Å². The van der Waals surface area contributed by atoms with Crippen LogP contribution < -0.4 is 0 Å². The number of piperidine rings is 1. The highest BCUT2D eigenvalue weighted by Gasteiger charge is 2.24. The first kappa shape index (κ1) is 13.5. The van der Waals surface area contributed by atoms with Crippen LogP contribution in [0.3, 0.4) is 0 Å². The van der Waals surface area contributed by atoms with Crippen LogP contribution in [0.15, 0.2) is 35.0 Å². The highest BCUT2D eigenvalue weighted by molar-refractivity contribution is 5.82. The number of rotatable bonds is 3. The first-order valence-electron chi connectivity index (χ1n) is 7.87. The number of nitrogens with zero attached hydrogens (tertiary/aromatic N) is 3. The molecule has 0 radical (unpaired) electrons. The lowest BCUT2D eigenvalue weighted by molar-refractivity contribution is 0.200. The smallest absolute Gasteiger partial charge is 0.223 e. The van der Waals surface area contributed by atoms with Gasteiger partial charge in [0.1, 0.15) is 0 Å². The number of aromatic amines is 1. The molecule has 0 unspecified atom stereocenters. The first-order valence-corrected chi connectivity index (χ1v) is 7.87. The molecular formula is C17H20N4O. The number of aryl methyl sites for hydroxylation is 1. The number of H-pyrrole nitrogens is 1. The minimum atomic E-state index is 0.441. The van der Waals surface area contributed by atoms with Gasteiger partial charge in [-0.15, -0.1) is 0 Å². The molecule has 2 aromatic heterocycles. The summed E-state index contributed by atoms with van der Waals surface area (Å²) in [6.07, 6.45) is 4.21. The third-order valence-electron chi connectivity index (χ3n) is 4.58. The Morgan fingerprint density at radius 3 is 2.91 bits per heavy atom. The Labute approximate surface area is 129 Å². The molecule has 1 fully saturated rings. The molecule has 1 aliphatic heterocycles. The van der Waals surface area contributed by atoms with Crippen LogP contribution in [0.2, 0.25) is 0 Å². The Kier molecular flexibility index (Phi) is 3.42. The van der Waals surface area contributed by atoms with Crippen LogP contribution in [0.4, 0.5) is 0 Å². The van der Waals surface area contributed by atoms with Crippen molar-refractivity contribution in [2.45, 2.75) is 32.2 Å². The molecule has 0 atom stereocenters. The first-order chi connectivity index (χ1) is 10.8. The van der Waals surface area contributed by atoms with Gasteiger partial charge in [0.2, 0.25) is 5.89 Å². The molecule has 1 aromatic carbocycles. The number of nitrogens with one attached hydrogen (secondary N) is 1. The molecular weight excluding hydrogens is 276 g/mol. The van der Waals surface area contributed by atoms with Crippen LogP contribution in [0.1, 0.15) is 36.0 Å². The lowest BCUT2D eigenvalue weighted by Crippen LogP contribution is -2.32. The topological polar surface area (TPSA) is 58.0 Å². The maximum absolute atomic E-state index is 5.10. The third-order valence-corrected chi connectivity index (χ3v) is 4.58. The molecule has 1 N–H and O–H groups in total. The van der Waals surface area contributed by atoms with E-state index in [1.165, 1.54) is 16.5 Å². The van der Waals surface area contributed by atoms with E-state index in [0.717, 1.165) is 38.3 Å². The van der Waals surface area contributed by atoms with Crippen LogP contribution in [0, 0.1) is 6.92 Å². The van der Waals surface area contributed by atoms with Gasteiger partial charge in [0.25, 0.3) is 0 Å². The van der Waals surface area contributed by atoms with Gasteiger partial charge in [-0.05, 0) is 43.6 Å². The minimum Gasteiger partial charge on any atom is -0.361 e. The van der Waals surface area contributed by atoms with Crippen molar-refractivity contribution in [1.29, 1.82) is 0 Å². The average molecular weight is 296 g/mol. The van der Waals surface area contributed by atoms with Crippen LogP contribution >= 0.6 is 0 Å². The predicted octanol–water partition coefficient (Wildman–Crippen LogP) is 3.24. The summed E-state index contributed by atoms with van der Waals surface area (Å²) in [4.78, 5) is 10.2. The summed E-state index contributed by atoms with van der Waals surface area (Å²) in [5.41, 5.74) is 2.61. The Balaban J connectivity index is 1.43. The largest absolute Gasteiger partial charge is 0.361 e. The summed E-state index contributed by atoms with van der Waals surface area (Å²) >= 11 is 0. The molecule has 4 rings (SSSR count). The standard InChI is InChI=1S/C17H20N4O/c1-12-19-17(20-22-12)13-6-9-21(10-7-13)11-14-3-2-4-16-15(14)5-8-18-16/h2-5,8,13,18H,6-7,9-11H2,1H3. The third kappa shape index (κ3) is 2.52. The van der Waals surface area contributed by atoms with Gasteiger partial charge in [-0.3, -0.25) is 4.90 Å². The Morgan fingerprint density at radius 2 is 2.14 bits per heavy atom. The molecule has 0 spiro atoms. The zero-order valence-corrected chi connectivity index (χ0v) is 12.7. The summed E-state index contributed by atoms with van der Waals surface area (Å²) in [6.45, 7) is 5.02. The quantitative estimate of drug-likeness (QED) is 0.806. The van der Waals surface area contributed by atoms with Crippen molar-refractivity contribution in [3.63, 3.8) is 0 Å². The average Bonchev–Trinajstić information content (AvgIpc) is 3.17. The summed E-state index contributed by atoms with van der Waals surface area (Å²) < 4.78 is 5.10. The zero-order valence-electron chi connectivity index (χ0n) is 12.7. The maximum Gasteiger partial charge on any atom is 0.223 e. The van der Waals surface area contributed by atoms with Crippen LogP contribution in [-0.2, 0) is 6.54 Å². The van der Waals surface area contributed by atoms with Crippen LogP contribution in [-0.4, -0.2) is 33.1 Å². The van der Waals surface area contributed by atoms with Gasteiger partial charge in [0, 0.05) is 36.5 Å². The van der Waals surface area contributed by atoms with Gasteiger partial charge in [-0.2, -0.15) is 4.98 Å². The van der Waals surface area contributed by atoms with Crippen LogP contribution in [0.25, 0.3) is 10.9 Å². The van der Waals surface area contributed by atoms with Gasteiger partial charge in [-0.25, -0.2) is 0 Å². The maximum atomic E-state index is 5.10. The van der Waals surface area contributed by atoms with E-state index in [0.29, 0.717) is 11.8 Å². The lowest BCUT2D eigenvalue weighted by Gasteiger charge is -2.30. The molecule has 3 heterocycles. The molecule has 1 aliphatic rings. The molecule has 0 saturated carbocycles. The molecule has 3 aromatic rings. The van der Waals surface area contributed by atoms with E-state index in [-0.39, 0.29) is 0 Å². The summed E-state index contributed by atoms with van der Waals surface area (Å²) in [6, 6.07) is 8.65. The number of hydrogen-bond acceptors (Lipinski definition) is 4. The Morgan fingerprint density at radius 1 is 1.27 bits per heavy atom. The van der Waals surface area contributed by atoms with Crippen molar-refractivity contribution in [3.8, 4) is 0 Å². The number of likely N-dealkylation sites (tertiary alicyclic amines) is 1. The van der Waals surface area contributed by atoms with E-state index in [4.69, 9.17) is 4.52 Å². The van der Waals surface area contributed by atoms with Crippen LogP contribution in [0.5, 0.6) is 0 Å². The van der Waals surface area contributed by atoms with E-state index < -0.39 is 0 Å². The normalized spacial score (nSPS) is 17.3. The highest BCUT2D eigenvalue weighted by atomic mass is 16.5. The molecule has 0 amide bonds. The minimum absolute atomic E-state index is 0.441. The fraction of sp³-hybridized carbons (Fsp3) is 0.412. The van der Waals surface area contributed by atoms with Gasteiger partial charge in [0.15, 0.2) is 5.82 Å². The molecule has 114 valence electrons. The number of fused-ring (bicyclic) bond motifs is 1. The van der Waals surface area contributed by atoms with E-state index in [9.17, 15) is 0 Å². The van der Waals surface area contributed by atoms with Crippen molar-refractivity contribution in [3.05, 3.63) is 47.7 Å². The monoisotopic (exact) mass is 296 g/mol. The molecule has 5 heteroatoms. The van der Waals surface area contributed by atoms with Gasteiger partial charge >= 0.3 is 0 Å². The highest BCUT2D eigenvalue weighted by Crippen LogP contribution is 2.27. The van der Waals surface area contributed by atoms with Crippen molar-refractivity contribution in [2.24, 2.45) is 0 Å². The number of benzene rings is 1. The predicted molar refractivity (Wildman–Crippen MR) is 84.6 cm³/mol. The van der Waals surface area contributed by atoms with Gasteiger partial charge in [0.05, 0.1) is 0 Å². The molecule has 0 aliphatic carbocycles. The van der Waals surface area contributed by atoms with E-state index in [1.807, 2.05) is 13.1 Å².